The fourth-order valence-electron chi connectivity index (χ4n) is 4.19. The fourth-order valence-corrected chi connectivity index (χ4v) is 4.19. The molecule has 0 radical (unpaired) electrons. The lowest BCUT2D eigenvalue weighted by atomic mass is 10.1. The van der Waals surface area contributed by atoms with E-state index in [-0.39, 0.29) is 13.0 Å². The van der Waals surface area contributed by atoms with Crippen molar-refractivity contribution in [3.05, 3.63) is 107 Å². The Morgan fingerprint density at radius 2 is 1.63 bits per heavy atom. The number of carbonyl (C=O) groups excluding carboxylic acids is 2. The second-order valence-electron chi connectivity index (χ2n) is 10.1. The number of para-hydroxylation sites is 1. The standard InChI is InChI=1S/C31H31N3O4/c1-31(2,3)38-30(36)33-27(29(35)37-21-24-9-5-4-6-10-24)17-25-20-34(28-12-8-7-11-26(25)28)19-23-15-13-22(18-32)14-16-23/h4-16,20,27H,17,19,21H2,1-3H3,(H,33,36). The topological polar surface area (TPSA) is 93.4 Å². The van der Waals surface area contributed by atoms with Crippen LogP contribution < -0.4 is 5.32 Å². The van der Waals surface area contributed by atoms with Crippen LogP contribution in [0, 0.1) is 11.3 Å². The first kappa shape index (κ1) is 26.5. The summed E-state index contributed by atoms with van der Waals surface area (Å²) in [6.07, 6.45) is 1.55. The van der Waals surface area contributed by atoms with Crippen molar-refractivity contribution >= 4 is 23.0 Å². The predicted molar refractivity (Wildman–Crippen MR) is 145 cm³/mol. The van der Waals surface area contributed by atoms with Gasteiger partial charge in [0.15, 0.2) is 0 Å². The molecule has 0 saturated heterocycles. The molecule has 0 bridgehead atoms. The van der Waals surface area contributed by atoms with Crippen molar-refractivity contribution in [3.63, 3.8) is 0 Å². The van der Waals surface area contributed by atoms with Crippen molar-refractivity contribution in [1.29, 1.82) is 5.26 Å². The Kier molecular flexibility index (Phi) is 8.12. The van der Waals surface area contributed by atoms with Gasteiger partial charge in [-0.05, 0) is 55.7 Å². The van der Waals surface area contributed by atoms with Gasteiger partial charge in [-0.3, -0.25) is 0 Å². The minimum atomic E-state index is -0.942. The molecule has 194 valence electrons. The van der Waals surface area contributed by atoms with Crippen molar-refractivity contribution in [2.24, 2.45) is 0 Å². The van der Waals surface area contributed by atoms with Gasteiger partial charge >= 0.3 is 12.1 Å². The summed E-state index contributed by atoms with van der Waals surface area (Å²) in [5.74, 6) is -0.538. The number of hydrogen-bond donors (Lipinski definition) is 1. The van der Waals surface area contributed by atoms with E-state index >= 15 is 0 Å². The first-order chi connectivity index (χ1) is 18.2. The summed E-state index contributed by atoms with van der Waals surface area (Å²) >= 11 is 0. The molecule has 7 heteroatoms. The maximum Gasteiger partial charge on any atom is 0.408 e. The molecule has 0 saturated carbocycles. The molecule has 4 aromatic rings. The number of nitriles is 1. The van der Waals surface area contributed by atoms with Crippen molar-refractivity contribution in [2.45, 2.75) is 52.0 Å². The number of fused-ring (bicyclic) bond motifs is 1. The third-order valence-electron chi connectivity index (χ3n) is 5.93. The van der Waals surface area contributed by atoms with Gasteiger partial charge in [-0.25, -0.2) is 9.59 Å². The highest BCUT2D eigenvalue weighted by Crippen LogP contribution is 2.24. The average Bonchev–Trinajstić information content (AvgIpc) is 3.23. The Labute approximate surface area is 222 Å². The van der Waals surface area contributed by atoms with Gasteiger partial charge in [0.25, 0.3) is 0 Å². The monoisotopic (exact) mass is 509 g/mol. The van der Waals surface area contributed by atoms with Crippen LogP contribution in [0.5, 0.6) is 0 Å². The van der Waals surface area contributed by atoms with Crippen LogP contribution in [0.2, 0.25) is 0 Å². The molecule has 4 rings (SSSR count). The quantitative estimate of drug-likeness (QED) is 0.306. The van der Waals surface area contributed by atoms with E-state index in [1.54, 1.807) is 32.9 Å². The van der Waals surface area contributed by atoms with E-state index in [9.17, 15) is 9.59 Å². The van der Waals surface area contributed by atoms with Crippen LogP contribution >= 0.6 is 0 Å². The zero-order chi connectivity index (χ0) is 27.1. The van der Waals surface area contributed by atoms with E-state index in [1.807, 2.05) is 72.9 Å². The summed E-state index contributed by atoms with van der Waals surface area (Å²) in [6.45, 7) is 6.01. The van der Waals surface area contributed by atoms with Crippen molar-refractivity contribution in [3.8, 4) is 6.07 Å². The molecule has 0 aliphatic heterocycles. The molecular weight excluding hydrogens is 478 g/mol. The van der Waals surface area contributed by atoms with Crippen LogP contribution in [0.1, 0.15) is 43.0 Å². The predicted octanol–water partition coefficient (Wildman–Crippen LogP) is 5.74. The molecule has 1 heterocycles. The van der Waals surface area contributed by atoms with Gasteiger partial charge in [0.05, 0.1) is 11.6 Å². The number of alkyl carbamates (subject to hydrolysis) is 1. The van der Waals surface area contributed by atoms with Gasteiger partial charge in [-0.2, -0.15) is 5.26 Å². The van der Waals surface area contributed by atoms with E-state index < -0.39 is 23.7 Å². The Morgan fingerprint density at radius 1 is 0.947 bits per heavy atom. The molecule has 1 atom stereocenters. The number of nitrogens with zero attached hydrogens (tertiary/aromatic N) is 2. The van der Waals surface area contributed by atoms with E-state index in [4.69, 9.17) is 14.7 Å². The Hall–Kier alpha value is -4.57. The van der Waals surface area contributed by atoms with E-state index in [1.165, 1.54) is 0 Å². The molecule has 1 amide bonds. The Morgan fingerprint density at radius 3 is 2.32 bits per heavy atom. The lowest BCUT2D eigenvalue weighted by Gasteiger charge is -2.23. The summed E-state index contributed by atoms with van der Waals surface area (Å²) in [6, 6.07) is 26.0. The normalized spacial score (nSPS) is 11.9. The third-order valence-corrected chi connectivity index (χ3v) is 5.93. The number of carbonyl (C=O) groups is 2. The van der Waals surface area contributed by atoms with Gasteiger partial charge in [-0.15, -0.1) is 0 Å². The summed E-state index contributed by atoms with van der Waals surface area (Å²) < 4.78 is 13.1. The largest absolute Gasteiger partial charge is 0.459 e. The highest BCUT2D eigenvalue weighted by atomic mass is 16.6. The molecule has 0 aliphatic carbocycles. The molecule has 3 aromatic carbocycles. The number of amides is 1. The first-order valence-electron chi connectivity index (χ1n) is 12.5. The van der Waals surface area contributed by atoms with Crippen LogP contribution in [0.15, 0.2) is 85.1 Å². The number of ether oxygens (including phenoxy) is 2. The Bertz CT molecular complexity index is 1440. The summed E-state index contributed by atoms with van der Waals surface area (Å²) in [5, 5.41) is 12.8. The minimum absolute atomic E-state index is 0.104. The smallest absolute Gasteiger partial charge is 0.408 e. The van der Waals surface area contributed by atoms with Crippen molar-refractivity contribution in [2.75, 3.05) is 0 Å². The van der Waals surface area contributed by atoms with Crippen molar-refractivity contribution in [1.82, 2.24) is 9.88 Å². The molecule has 1 unspecified atom stereocenters. The van der Waals surface area contributed by atoms with Crippen LogP contribution in [0.4, 0.5) is 4.79 Å². The van der Waals surface area contributed by atoms with Crippen LogP contribution in [-0.4, -0.2) is 28.3 Å². The number of aromatic nitrogens is 1. The zero-order valence-corrected chi connectivity index (χ0v) is 21.8. The first-order valence-corrected chi connectivity index (χ1v) is 12.5. The van der Waals surface area contributed by atoms with Crippen LogP contribution in [-0.2, 0) is 33.8 Å². The highest BCUT2D eigenvalue weighted by molar-refractivity contribution is 5.86. The lowest BCUT2D eigenvalue weighted by Crippen LogP contribution is -2.45. The van der Waals surface area contributed by atoms with E-state index in [2.05, 4.69) is 16.0 Å². The number of nitrogens with one attached hydrogen (secondary N) is 1. The molecule has 1 aromatic heterocycles. The zero-order valence-electron chi connectivity index (χ0n) is 21.8. The number of esters is 1. The van der Waals surface area contributed by atoms with Crippen molar-refractivity contribution < 1.29 is 19.1 Å². The van der Waals surface area contributed by atoms with Crippen LogP contribution in [0.25, 0.3) is 10.9 Å². The summed E-state index contributed by atoms with van der Waals surface area (Å²) in [5.41, 5.74) is 3.70. The molecule has 7 nitrogen and oxygen atoms in total. The minimum Gasteiger partial charge on any atom is -0.459 e. The van der Waals surface area contributed by atoms with Gasteiger partial charge < -0.3 is 19.4 Å². The van der Waals surface area contributed by atoms with Gasteiger partial charge in [-0.1, -0.05) is 60.7 Å². The molecule has 0 spiro atoms. The number of hydrogen-bond acceptors (Lipinski definition) is 5. The van der Waals surface area contributed by atoms with E-state index in [0.29, 0.717) is 12.1 Å². The molecule has 1 N–H and O–H groups in total. The number of benzene rings is 3. The highest BCUT2D eigenvalue weighted by Gasteiger charge is 2.27. The third kappa shape index (κ3) is 7.01. The molecule has 0 fully saturated rings. The Balaban J connectivity index is 1.59. The SMILES string of the molecule is CC(C)(C)OC(=O)NC(Cc1cn(Cc2ccc(C#N)cc2)c2ccccc12)C(=O)OCc1ccccc1. The maximum absolute atomic E-state index is 13.2. The second kappa shape index (κ2) is 11.7. The van der Waals surface area contributed by atoms with Gasteiger partial charge in [0, 0.05) is 30.1 Å². The van der Waals surface area contributed by atoms with E-state index in [0.717, 1.165) is 27.6 Å². The lowest BCUT2D eigenvalue weighted by molar-refractivity contribution is -0.147. The maximum atomic E-state index is 13.2. The molecule has 0 aliphatic rings. The second-order valence-corrected chi connectivity index (χ2v) is 10.1. The summed E-state index contributed by atoms with van der Waals surface area (Å²) in [4.78, 5) is 25.8. The number of rotatable bonds is 8. The van der Waals surface area contributed by atoms with Crippen LogP contribution in [0.3, 0.4) is 0 Å². The fraction of sp³-hybridized carbons (Fsp3) is 0.258. The molecular formula is C31H31N3O4. The van der Waals surface area contributed by atoms with Gasteiger partial charge in [0.2, 0.25) is 0 Å². The average molecular weight is 510 g/mol. The molecule has 38 heavy (non-hydrogen) atoms. The van der Waals surface area contributed by atoms with Gasteiger partial charge in [0.1, 0.15) is 18.2 Å². The summed E-state index contributed by atoms with van der Waals surface area (Å²) in [7, 11) is 0.